The zero-order chi connectivity index (χ0) is 18.0. The maximum Gasteiger partial charge on any atom is 0.271 e. The second-order valence-corrected chi connectivity index (χ2v) is 7.36. The van der Waals surface area contributed by atoms with Crippen LogP contribution in [0.4, 0.5) is 5.69 Å². The number of thioether (sulfide) groups is 1. The van der Waals surface area contributed by atoms with E-state index in [4.69, 9.17) is 17.0 Å². The first-order valence-corrected chi connectivity index (χ1v) is 9.28. The molecule has 2 aromatic carbocycles. The topological polar surface area (TPSA) is 29.5 Å². The summed E-state index contributed by atoms with van der Waals surface area (Å²) >= 11 is 6.81. The fourth-order valence-corrected chi connectivity index (χ4v) is 4.03. The molecule has 1 fully saturated rings. The number of carbonyl (C=O) groups excluding carboxylic acids is 1. The third-order valence-corrected chi connectivity index (χ3v) is 5.69. The Labute approximate surface area is 157 Å². The molecule has 1 saturated heterocycles. The maximum atomic E-state index is 13.0. The summed E-state index contributed by atoms with van der Waals surface area (Å²) in [6, 6.07) is 15.7. The van der Waals surface area contributed by atoms with Crippen molar-refractivity contribution in [3.05, 3.63) is 64.6 Å². The number of carbonyl (C=O) groups is 1. The minimum absolute atomic E-state index is 0.0830. The van der Waals surface area contributed by atoms with E-state index in [1.807, 2.05) is 31.2 Å². The summed E-state index contributed by atoms with van der Waals surface area (Å²) in [5.74, 6) is 0.614. The molecule has 25 heavy (non-hydrogen) atoms. The number of ether oxygens (including phenoxy) is 1. The number of hydrogen-bond donors (Lipinski definition) is 0. The van der Waals surface area contributed by atoms with Gasteiger partial charge in [0.05, 0.1) is 17.7 Å². The first-order chi connectivity index (χ1) is 12.0. The minimum atomic E-state index is -0.0830. The fraction of sp³-hybridized carbons (Fsp3) is 0.200. The third kappa shape index (κ3) is 3.48. The zero-order valence-corrected chi connectivity index (χ0v) is 16.0. The molecule has 0 radical (unpaired) electrons. The Morgan fingerprint density at radius 3 is 2.56 bits per heavy atom. The van der Waals surface area contributed by atoms with E-state index in [2.05, 4.69) is 31.2 Å². The molecule has 1 aliphatic heterocycles. The molecule has 128 valence electrons. The summed E-state index contributed by atoms with van der Waals surface area (Å²) in [7, 11) is 1.60. The number of hydrogen-bond acceptors (Lipinski definition) is 4. The van der Waals surface area contributed by atoms with Crippen molar-refractivity contribution in [3.63, 3.8) is 0 Å². The summed E-state index contributed by atoms with van der Waals surface area (Å²) < 4.78 is 5.79. The van der Waals surface area contributed by atoms with Gasteiger partial charge in [-0.05, 0) is 42.2 Å². The molecule has 1 amide bonds. The lowest BCUT2D eigenvalue weighted by Crippen LogP contribution is -2.27. The fourth-order valence-electron chi connectivity index (χ4n) is 2.69. The van der Waals surface area contributed by atoms with Crippen LogP contribution >= 0.6 is 24.0 Å². The molecule has 2 aromatic rings. The number of benzene rings is 2. The van der Waals surface area contributed by atoms with E-state index in [-0.39, 0.29) is 5.91 Å². The zero-order valence-electron chi connectivity index (χ0n) is 14.4. The van der Waals surface area contributed by atoms with Crippen molar-refractivity contribution in [2.75, 3.05) is 12.0 Å². The number of anilines is 1. The normalized spacial score (nSPS) is 16.4. The molecule has 1 heterocycles. The average Bonchev–Trinajstić information content (AvgIpc) is 2.95. The van der Waals surface area contributed by atoms with E-state index in [9.17, 15) is 4.79 Å². The van der Waals surface area contributed by atoms with Crippen molar-refractivity contribution < 1.29 is 9.53 Å². The largest absolute Gasteiger partial charge is 0.497 e. The van der Waals surface area contributed by atoms with Gasteiger partial charge in [0.1, 0.15) is 5.75 Å². The van der Waals surface area contributed by atoms with Crippen LogP contribution in [0.25, 0.3) is 5.57 Å². The van der Waals surface area contributed by atoms with Gasteiger partial charge in [-0.15, -0.1) is 0 Å². The molecule has 5 heteroatoms. The smallest absolute Gasteiger partial charge is 0.271 e. The number of rotatable bonds is 4. The number of methoxy groups -OCH3 is 1. The van der Waals surface area contributed by atoms with Crippen molar-refractivity contribution in [2.45, 2.75) is 20.3 Å². The summed E-state index contributed by atoms with van der Waals surface area (Å²) in [5, 5.41) is 0. The Kier molecular flexibility index (Phi) is 5.25. The van der Waals surface area contributed by atoms with E-state index in [0.717, 1.165) is 23.2 Å². The van der Waals surface area contributed by atoms with Crippen molar-refractivity contribution in [3.8, 4) is 5.75 Å². The van der Waals surface area contributed by atoms with E-state index in [1.165, 1.54) is 17.3 Å². The molecule has 3 rings (SSSR count). The van der Waals surface area contributed by atoms with E-state index in [1.54, 1.807) is 12.0 Å². The van der Waals surface area contributed by atoms with Crippen molar-refractivity contribution in [1.29, 1.82) is 0 Å². The molecular weight excluding hydrogens is 350 g/mol. The molecule has 0 aliphatic carbocycles. The molecule has 0 atom stereocenters. The molecule has 0 bridgehead atoms. The van der Waals surface area contributed by atoms with Gasteiger partial charge in [0, 0.05) is 6.07 Å². The Bertz CT molecular complexity index is 856. The predicted molar refractivity (Wildman–Crippen MR) is 109 cm³/mol. The predicted octanol–water partition coefficient (Wildman–Crippen LogP) is 5.05. The standard InChI is InChI=1S/C20H19NO2S2/c1-4-14-8-10-15(11-9-14)13(2)18-19(22)21(20(24)25-18)16-6-5-7-17(12-16)23-3/h5-12H,4H2,1-3H3. The molecule has 0 spiro atoms. The van der Waals surface area contributed by atoms with Crippen LogP contribution in [0.15, 0.2) is 53.4 Å². The number of amides is 1. The van der Waals surface area contributed by atoms with Crippen LogP contribution in [0.3, 0.4) is 0 Å². The Morgan fingerprint density at radius 2 is 1.92 bits per heavy atom. The number of aryl methyl sites for hydroxylation is 1. The highest BCUT2D eigenvalue weighted by molar-refractivity contribution is 8.27. The highest BCUT2D eigenvalue weighted by Crippen LogP contribution is 2.39. The van der Waals surface area contributed by atoms with E-state index >= 15 is 0 Å². The van der Waals surface area contributed by atoms with Crippen LogP contribution in [0.2, 0.25) is 0 Å². The van der Waals surface area contributed by atoms with E-state index < -0.39 is 0 Å². The molecule has 3 nitrogen and oxygen atoms in total. The highest BCUT2D eigenvalue weighted by atomic mass is 32.2. The number of thiocarbonyl (C=S) groups is 1. The second-order valence-electron chi connectivity index (χ2n) is 5.71. The lowest BCUT2D eigenvalue weighted by atomic mass is 10.0. The SMILES string of the molecule is CCc1ccc(C(C)=C2SC(=S)N(c3cccc(OC)c3)C2=O)cc1. The molecule has 0 N–H and O–H groups in total. The number of nitrogens with zero attached hydrogens (tertiary/aromatic N) is 1. The van der Waals surface area contributed by atoms with Crippen LogP contribution in [0, 0.1) is 0 Å². The maximum absolute atomic E-state index is 13.0. The Hall–Kier alpha value is -2.11. The monoisotopic (exact) mass is 369 g/mol. The molecule has 1 aliphatic rings. The molecule has 0 saturated carbocycles. The van der Waals surface area contributed by atoms with Crippen LogP contribution in [-0.4, -0.2) is 17.3 Å². The lowest BCUT2D eigenvalue weighted by Gasteiger charge is -2.15. The molecular formula is C20H19NO2S2. The van der Waals surface area contributed by atoms with Gasteiger partial charge in [0.2, 0.25) is 0 Å². The first-order valence-electron chi connectivity index (χ1n) is 8.05. The van der Waals surface area contributed by atoms with Gasteiger partial charge in [-0.1, -0.05) is 61.2 Å². The highest BCUT2D eigenvalue weighted by Gasteiger charge is 2.35. The van der Waals surface area contributed by atoms with Gasteiger partial charge in [0.25, 0.3) is 5.91 Å². The van der Waals surface area contributed by atoms with Gasteiger partial charge in [0.15, 0.2) is 4.32 Å². The molecule has 0 unspecified atom stereocenters. The van der Waals surface area contributed by atoms with E-state index in [0.29, 0.717) is 15.0 Å². The molecule has 0 aromatic heterocycles. The van der Waals surface area contributed by atoms with Crippen LogP contribution in [0.5, 0.6) is 5.75 Å². The first kappa shape index (κ1) is 17.7. The van der Waals surface area contributed by atoms with Gasteiger partial charge in [-0.3, -0.25) is 9.69 Å². The lowest BCUT2D eigenvalue weighted by molar-refractivity contribution is -0.113. The third-order valence-electron chi connectivity index (χ3n) is 4.22. The van der Waals surface area contributed by atoms with Gasteiger partial charge in [-0.2, -0.15) is 0 Å². The Morgan fingerprint density at radius 1 is 1.20 bits per heavy atom. The van der Waals surface area contributed by atoms with Crippen molar-refractivity contribution in [2.24, 2.45) is 0 Å². The van der Waals surface area contributed by atoms with Gasteiger partial charge < -0.3 is 4.74 Å². The van der Waals surface area contributed by atoms with Crippen molar-refractivity contribution >= 4 is 45.5 Å². The summed E-state index contributed by atoms with van der Waals surface area (Å²) in [5.41, 5.74) is 4.00. The van der Waals surface area contributed by atoms with Crippen molar-refractivity contribution in [1.82, 2.24) is 0 Å². The summed E-state index contributed by atoms with van der Waals surface area (Å²) in [6.07, 6.45) is 0.997. The average molecular weight is 370 g/mol. The van der Waals surface area contributed by atoms with Crippen LogP contribution in [0.1, 0.15) is 25.0 Å². The summed E-state index contributed by atoms with van der Waals surface area (Å²) in [4.78, 5) is 15.2. The van der Waals surface area contributed by atoms with Crippen LogP contribution < -0.4 is 9.64 Å². The Balaban J connectivity index is 1.96. The number of allylic oxidation sites excluding steroid dienone is 1. The van der Waals surface area contributed by atoms with Gasteiger partial charge >= 0.3 is 0 Å². The summed E-state index contributed by atoms with van der Waals surface area (Å²) in [6.45, 7) is 4.10. The van der Waals surface area contributed by atoms with Crippen LogP contribution in [-0.2, 0) is 11.2 Å². The second kappa shape index (κ2) is 7.42. The van der Waals surface area contributed by atoms with Gasteiger partial charge in [-0.25, -0.2) is 0 Å². The quantitative estimate of drug-likeness (QED) is 0.557. The minimum Gasteiger partial charge on any atom is -0.497 e.